The molecule has 0 aliphatic carbocycles. The Morgan fingerprint density at radius 2 is 2.06 bits per heavy atom. The van der Waals surface area contributed by atoms with Crippen molar-refractivity contribution in [2.45, 2.75) is 20.0 Å². The molecular formula is C12H13FO5. The summed E-state index contributed by atoms with van der Waals surface area (Å²) in [4.78, 5) is 22.0. The molecule has 1 aromatic carbocycles. The molecule has 0 saturated carbocycles. The van der Waals surface area contributed by atoms with Crippen LogP contribution in [-0.4, -0.2) is 29.8 Å². The molecule has 98 valence electrons. The predicted molar refractivity (Wildman–Crippen MR) is 60.1 cm³/mol. The lowest BCUT2D eigenvalue weighted by molar-refractivity contribution is -0.150. The van der Waals surface area contributed by atoms with E-state index in [2.05, 4.69) is 0 Å². The molecule has 1 aromatic rings. The Labute approximate surface area is 103 Å². The van der Waals surface area contributed by atoms with Crippen LogP contribution in [0.1, 0.15) is 24.2 Å². The summed E-state index contributed by atoms with van der Waals surface area (Å²) < 4.78 is 23.0. The number of benzene rings is 1. The predicted octanol–water partition coefficient (Wildman–Crippen LogP) is 1.85. The van der Waals surface area contributed by atoms with Crippen molar-refractivity contribution in [3.05, 3.63) is 29.6 Å². The Kier molecular flexibility index (Phi) is 4.65. The summed E-state index contributed by atoms with van der Waals surface area (Å²) in [6.45, 7) is 3.29. The molecule has 1 unspecified atom stereocenters. The zero-order valence-corrected chi connectivity index (χ0v) is 9.97. The number of ether oxygens (including phenoxy) is 2. The number of carboxylic acid groups (broad SMARTS) is 1. The van der Waals surface area contributed by atoms with Crippen molar-refractivity contribution in [2.24, 2.45) is 0 Å². The number of carbonyl (C=O) groups is 2. The highest BCUT2D eigenvalue weighted by atomic mass is 19.1. The Bertz CT molecular complexity index is 458. The summed E-state index contributed by atoms with van der Waals surface area (Å²) in [6.07, 6.45) is -0.937. The highest BCUT2D eigenvalue weighted by molar-refractivity contribution is 5.88. The van der Waals surface area contributed by atoms with Gasteiger partial charge in [-0.2, -0.15) is 0 Å². The Morgan fingerprint density at radius 3 is 2.61 bits per heavy atom. The van der Waals surface area contributed by atoms with Crippen molar-refractivity contribution in [2.75, 3.05) is 6.61 Å². The molecule has 0 radical (unpaired) electrons. The average Bonchev–Trinajstić information content (AvgIpc) is 2.28. The molecule has 0 aliphatic heterocycles. The molecule has 1 rings (SSSR count). The second kappa shape index (κ2) is 6.00. The van der Waals surface area contributed by atoms with Crippen LogP contribution in [0.5, 0.6) is 5.75 Å². The largest absolute Gasteiger partial charge is 0.479 e. The van der Waals surface area contributed by atoms with Gasteiger partial charge in [0, 0.05) is 6.07 Å². The minimum Gasteiger partial charge on any atom is -0.479 e. The van der Waals surface area contributed by atoms with Gasteiger partial charge >= 0.3 is 11.9 Å². The molecule has 1 N–H and O–H groups in total. The number of rotatable bonds is 5. The monoisotopic (exact) mass is 256 g/mol. The van der Waals surface area contributed by atoms with Crippen molar-refractivity contribution < 1.29 is 28.6 Å². The molecule has 1 atom stereocenters. The van der Waals surface area contributed by atoms with Gasteiger partial charge in [-0.15, -0.1) is 0 Å². The van der Waals surface area contributed by atoms with Crippen LogP contribution >= 0.6 is 0 Å². The van der Waals surface area contributed by atoms with Gasteiger partial charge in [-0.3, -0.25) is 0 Å². The van der Waals surface area contributed by atoms with E-state index < -0.39 is 23.9 Å². The molecule has 0 spiro atoms. The van der Waals surface area contributed by atoms with Crippen LogP contribution in [0.25, 0.3) is 0 Å². The standard InChI is InChI=1S/C12H13FO5/c1-3-17-12(16)7(2)18-10-5-8(11(14)15)4-9(13)6-10/h4-7H,3H2,1-2H3,(H,14,15). The number of esters is 1. The number of carboxylic acids is 1. The summed E-state index contributed by atoms with van der Waals surface area (Å²) in [5.74, 6) is -2.66. The van der Waals surface area contributed by atoms with Crippen LogP contribution in [0.4, 0.5) is 4.39 Å². The number of aromatic carboxylic acids is 1. The quantitative estimate of drug-likeness (QED) is 0.814. The molecule has 0 fully saturated rings. The third-order valence-electron chi connectivity index (χ3n) is 2.05. The minimum atomic E-state index is -1.27. The van der Waals surface area contributed by atoms with E-state index in [4.69, 9.17) is 14.6 Å². The van der Waals surface area contributed by atoms with E-state index in [9.17, 15) is 14.0 Å². The fraction of sp³-hybridized carbons (Fsp3) is 0.333. The van der Waals surface area contributed by atoms with Crippen LogP contribution in [0.3, 0.4) is 0 Å². The summed E-state index contributed by atoms with van der Waals surface area (Å²) in [5.41, 5.74) is -0.249. The molecule has 5 nitrogen and oxygen atoms in total. The van der Waals surface area contributed by atoms with E-state index >= 15 is 0 Å². The highest BCUT2D eigenvalue weighted by Crippen LogP contribution is 2.18. The van der Waals surface area contributed by atoms with Crippen LogP contribution in [-0.2, 0) is 9.53 Å². The van der Waals surface area contributed by atoms with Gasteiger partial charge in [0.05, 0.1) is 12.2 Å². The van der Waals surface area contributed by atoms with Crippen molar-refractivity contribution in [1.82, 2.24) is 0 Å². The first-order valence-corrected chi connectivity index (χ1v) is 5.31. The zero-order valence-electron chi connectivity index (χ0n) is 9.97. The van der Waals surface area contributed by atoms with Crippen molar-refractivity contribution in [1.29, 1.82) is 0 Å². The van der Waals surface area contributed by atoms with Crippen molar-refractivity contribution >= 4 is 11.9 Å². The fourth-order valence-corrected chi connectivity index (χ4v) is 1.27. The second-order valence-corrected chi connectivity index (χ2v) is 3.49. The molecule has 0 heterocycles. The maximum absolute atomic E-state index is 13.1. The molecule has 18 heavy (non-hydrogen) atoms. The van der Waals surface area contributed by atoms with Gasteiger partial charge in [-0.05, 0) is 26.0 Å². The van der Waals surface area contributed by atoms with Gasteiger partial charge in [-0.25, -0.2) is 14.0 Å². The lowest BCUT2D eigenvalue weighted by Crippen LogP contribution is -2.26. The third kappa shape index (κ3) is 3.73. The Morgan fingerprint density at radius 1 is 1.39 bits per heavy atom. The number of halogens is 1. The summed E-state index contributed by atoms with van der Waals surface area (Å²) in [7, 11) is 0. The van der Waals surface area contributed by atoms with Crippen molar-refractivity contribution in [3.8, 4) is 5.75 Å². The first-order valence-electron chi connectivity index (χ1n) is 5.31. The van der Waals surface area contributed by atoms with Crippen LogP contribution < -0.4 is 4.74 Å². The zero-order chi connectivity index (χ0) is 13.7. The van der Waals surface area contributed by atoms with E-state index in [1.165, 1.54) is 6.92 Å². The molecule has 0 saturated heterocycles. The van der Waals surface area contributed by atoms with Crippen molar-refractivity contribution in [3.63, 3.8) is 0 Å². The van der Waals surface area contributed by atoms with Gasteiger partial charge in [0.15, 0.2) is 6.10 Å². The van der Waals surface area contributed by atoms with E-state index in [0.29, 0.717) is 0 Å². The van der Waals surface area contributed by atoms with E-state index in [1.807, 2.05) is 0 Å². The number of carbonyl (C=O) groups excluding carboxylic acids is 1. The van der Waals surface area contributed by atoms with Gasteiger partial charge in [0.2, 0.25) is 0 Å². The Hall–Kier alpha value is -2.11. The van der Waals surface area contributed by atoms with E-state index in [-0.39, 0.29) is 17.9 Å². The number of hydrogen-bond donors (Lipinski definition) is 1. The average molecular weight is 256 g/mol. The van der Waals surface area contributed by atoms with E-state index in [1.54, 1.807) is 6.92 Å². The summed E-state index contributed by atoms with van der Waals surface area (Å²) in [5, 5.41) is 8.75. The summed E-state index contributed by atoms with van der Waals surface area (Å²) in [6, 6.07) is 3.01. The topological polar surface area (TPSA) is 72.8 Å². The third-order valence-corrected chi connectivity index (χ3v) is 2.05. The van der Waals surface area contributed by atoms with Gasteiger partial charge in [0.1, 0.15) is 11.6 Å². The first kappa shape index (κ1) is 14.0. The maximum atomic E-state index is 13.1. The molecule has 0 aliphatic rings. The van der Waals surface area contributed by atoms with Gasteiger partial charge < -0.3 is 14.6 Å². The smallest absolute Gasteiger partial charge is 0.347 e. The van der Waals surface area contributed by atoms with Crippen LogP contribution in [0.15, 0.2) is 18.2 Å². The molecular weight excluding hydrogens is 243 g/mol. The first-order chi connectivity index (χ1) is 8.43. The lowest BCUT2D eigenvalue weighted by atomic mass is 10.2. The number of hydrogen-bond acceptors (Lipinski definition) is 4. The van der Waals surface area contributed by atoms with E-state index in [0.717, 1.165) is 18.2 Å². The normalized spacial score (nSPS) is 11.7. The fourth-order valence-electron chi connectivity index (χ4n) is 1.27. The molecule has 0 bridgehead atoms. The molecule has 0 aromatic heterocycles. The highest BCUT2D eigenvalue weighted by Gasteiger charge is 2.17. The lowest BCUT2D eigenvalue weighted by Gasteiger charge is -2.13. The van der Waals surface area contributed by atoms with Crippen LogP contribution in [0.2, 0.25) is 0 Å². The Balaban J connectivity index is 2.84. The second-order valence-electron chi connectivity index (χ2n) is 3.49. The molecule has 6 heteroatoms. The molecule has 0 amide bonds. The van der Waals surface area contributed by atoms with Crippen LogP contribution in [0, 0.1) is 5.82 Å². The van der Waals surface area contributed by atoms with Gasteiger partial charge in [-0.1, -0.05) is 0 Å². The SMILES string of the molecule is CCOC(=O)C(C)Oc1cc(F)cc(C(=O)O)c1. The van der Waals surface area contributed by atoms with Gasteiger partial charge in [0.25, 0.3) is 0 Å². The minimum absolute atomic E-state index is 0.0343. The maximum Gasteiger partial charge on any atom is 0.347 e. The summed E-state index contributed by atoms with van der Waals surface area (Å²) >= 11 is 0.